The molecule has 1 aromatic carbocycles. The molecule has 1 atom stereocenters. The Morgan fingerprint density at radius 3 is 2.41 bits per heavy atom. The second-order valence-electron chi connectivity index (χ2n) is 6.59. The molecule has 0 amide bonds. The van der Waals surface area contributed by atoms with Gasteiger partial charge in [0.05, 0.1) is 18.4 Å². The van der Waals surface area contributed by atoms with Gasteiger partial charge in [-0.1, -0.05) is 37.3 Å². The molecule has 162 valence electrons. The van der Waals surface area contributed by atoms with Gasteiger partial charge in [-0.15, -0.1) is 35.3 Å². The number of hydrogen-bond acceptors (Lipinski definition) is 5. The largest absolute Gasteiger partial charge is 0.390 e. The van der Waals surface area contributed by atoms with Gasteiger partial charge in [-0.2, -0.15) is 0 Å². The van der Waals surface area contributed by atoms with Gasteiger partial charge in [-0.25, -0.2) is 8.42 Å². The fourth-order valence-electron chi connectivity index (χ4n) is 2.72. The number of sulfone groups is 1. The van der Waals surface area contributed by atoms with E-state index in [2.05, 4.69) is 41.5 Å². The topological polar surface area (TPSA) is 82.0 Å². The first-order valence-electron chi connectivity index (χ1n) is 9.37. The number of guanidine groups is 1. The number of thiophene rings is 1. The molecule has 1 aromatic heterocycles. The van der Waals surface area contributed by atoms with Crippen LogP contribution in [0.2, 0.25) is 0 Å². The molecule has 0 saturated carbocycles. The van der Waals surface area contributed by atoms with Crippen LogP contribution in [0.3, 0.4) is 0 Å². The molecule has 0 aliphatic carbocycles. The van der Waals surface area contributed by atoms with Gasteiger partial charge in [-0.3, -0.25) is 4.99 Å². The summed E-state index contributed by atoms with van der Waals surface area (Å²) in [6.45, 7) is 5.46. The Labute approximate surface area is 195 Å². The molecule has 29 heavy (non-hydrogen) atoms. The standard InChI is InChI=1S/C20H29N3O3S2.HI/c1-4-16-8-10-17(11-9-16)14-23(3)20(21-5-2)22-13-18(24)15-28(25,26)19-7-6-12-27-19;/h6-12,18,24H,4-5,13-15H2,1-3H3,(H,21,22);1H. The fraction of sp³-hybridized carbons (Fsp3) is 0.450. The van der Waals surface area contributed by atoms with Crippen molar-refractivity contribution in [1.82, 2.24) is 10.2 Å². The minimum absolute atomic E-state index is 0. The molecule has 2 rings (SSSR count). The van der Waals surface area contributed by atoms with E-state index in [1.807, 2.05) is 18.9 Å². The molecule has 2 aromatic rings. The van der Waals surface area contributed by atoms with Crippen molar-refractivity contribution in [3.05, 3.63) is 52.9 Å². The maximum Gasteiger partial charge on any atom is 0.194 e. The predicted molar refractivity (Wildman–Crippen MR) is 131 cm³/mol. The average Bonchev–Trinajstić information content (AvgIpc) is 3.21. The molecule has 0 fully saturated rings. The Kier molecular flexibility index (Phi) is 11.2. The average molecular weight is 552 g/mol. The summed E-state index contributed by atoms with van der Waals surface area (Å²) in [6, 6.07) is 11.7. The number of rotatable bonds is 9. The van der Waals surface area contributed by atoms with Crippen LogP contribution in [0, 0.1) is 0 Å². The predicted octanol–water partition coefficient (Wildman–Crippen LogP) is 3.16. The second-order valence-corrected chi connectivity index (χ2v) is 9.80. The van der Waals surface area contributed by atoms with Gasteiger partial charge < -0.3 is 15.3 Å². The van der Waals surface area contributed by atoms with Gasteiger partial charge in [-0.05, 0) is 35.9 Å². The van der Waals surface area contributed by atoms with Crippen LogP contribution in [-0.4, -0.2) is 56.4 Å². The highest BCUT2D eigenvalue weighted by atomic mass is 127. The quantitative estimate of drug-likeness (QED) is 0.284. The van der Waals surface area contributed by atoms with Crippen LogP contribution in [0.25, 0.3) is 0 Å². The van der Waals surface area contributed by atoms with E-state index in [1.54, 1.807) is 17.5 Å². The molecule has 0 spiro atoms. The summed E-state index contributed by atoms with van der Waals surface area (Å²) in [5.41, 5.74) is 2.45. The van der Waals surface area contributed by atoms with Crippen LogP contribution in [-0.2, 0) is 22.8 Å². The van der Waals surface area contributed by atoms with Crippen molar-refractivity contribution in [2.75, 3.05) is 25.9 Å². The maximum absolute atomic E-state index is 12.3. The Bertz CT molecular complexity index is 854. The first-order valence-corrected chi connectivity index (χ1v) is 11.9. The van der Waals surface area contributed by atoms with Gasteiger partial charge >= 0.3 is 0 Å². The van der Waals surface area contributed by atoms with Gasteiger partial charge in [0.2, 0.25) is 0 Å². The molecular formula is C20H30IN3O3S2. The van der Waals surface area contributed by atoms with E-state index < -0.39 is 15.9 Å². The van der Waals surface area contributed by atoms with Crippen molar-refractivity contribution >= 4 is 51.1 Å². The third-order valence-electron chi connectivity index (χ3n) is 4.21. The van der Waals surface area contributed by atoms with E-state index in [1.165, 1.54) is 5.56 Å². The monoisotopic (exact) mass is 551 g/mol. The lowest BCUT2D eigenvalue weighted by Crippen LogP contribution is -2.39. The van der Waals surface area contributed by atoms with Gasteiger partial charge in [0, 0.05) is 20.1 Å². The summed E-state index contributed by atoms with van der Waals surface area (Å²) in [6.07, 6.45) is -0.0510. The van der Waals surface area contributed by atoms with Crippen LogP contribution >= 0.6 is 35.3 Å². The van der Waals surface area contributed by atoms with Crippen molar-refractivity contribution in [1.29, 1.82) is 0 Å². The highest BCUT2D eigenvalue weighted by molar-refractivity contribution is 14.0. The third-order valence-corrected chi connectivity index (χ3v) is 7.50. The number of nitrogens with one attached hydrogen (secondary N) is 1. The zero-order valence-electron chi connectivity index (χ0n) is 17.0. The summed E-state index contributed by atoms with van der Waals surface area (Å²) >= 11 is 1.16. The van der Waals surface area contributed by atoms with Gasteiger partial charge in [0.15, 0.2) is 15.8 Å². The van der Waals surface area contributed by atoms with E-state index in [0.717, 1.165) is 23.3 Å². The summed E-state index contributed by atoms with van der Waals surface area (Å²) in [4.78, 5) is 6.39. The lowest BCUT2D eigenvalue weighted by Gasteiger charge is -2.22. The van der Waals surface area contributed by atoms with E-state index in [4.69, 9.17) is 0 Å². The maximum atomic E-state index is 12.3. The lowest BCUT2D eigenvalue weighted by molar-refractivity contribution is 0.205. The van der Waals surface area contributed by atoms with Crippen molar-refractivity contribution in [2.24, 2.45) is 4.99 Å². The summed E-state index contributed by atoms with van der Waals surface area (Å²) in [5, 5.41) is 15.1. The zero-order valence-corrected chi connectivity index (χ0v) is 21.0. The number of aliphatic hydroxyl groups is 1. The van der Waals surface area contributed by atoms with Crippen LogP contribution in [0.1, 0.15) is 25.0 Å². The molecule has 0 aliphatic rings. The first kappa shape index (κ1) is 25.9. The number of aliphatic imine (C=N–C) groups is 1. The Morgan fingerprint density at radius 2 is 1.86 bits per heavy atom. The summed E-state index contributed by atoms with van der Waals surface area (Å²) in [5.74, 6) is 0.299. The number of hydrogen-bond donors (Lipinski definition) is 2. The Balaban J connectivity index is 0.00000420. The normalized spacial score (nSPS) is 12.9. The molecule has 0 aliphatic heterocycles. The molecule has 2 N–H and O–H groups in total. The SMILES string of the molecule is CCNC(=NCC(O)CS(=O)(=O)c1cccs1)N(C)Cc1ccc(CC)cc1.I. The highest BCUT2D eigenvalue weighted by Crippen LogP contribution is 2.18. The Morgan fingerprint density at radius 1 is 1.21 bits per heavy atom. The fourth-order valence-corrected chi connectivity index (χ4v) is 5.19. The molecule has 9 heteroatoms. The van der Waals surface area contributed by atoms with Gasteiger partial charge in [0.25, 0.3) is 0 Å². The minimum Gasteiger partial charge on any atom is -0.390 e. The highest BCUT2D eigenvalue weighted by Gasteiger charge is 2.21. The first-order chi connectivity index (χ1) is 13.4. The van der Waals surface area contributed by atoms with Gasteiger partial charge in [0.1, 0.15) is 4.21 Å². The molecule has 0 bridgehead atoms. The van der Waals surface area contributed by atoms with E-state index >= 15 is 0 Å². The summed E-state index contributed by atoms with van der Waals surface area (Å²) in [7, 11) is -1.57. The van der Waals surface area contributed by atoms with Crippen LogP contribution in [0.5, 0.6) is 0 Å². The second kappa shape index (κ2) is 12.5. The van der Waals surface area contributed by atoms with Crippen LogP contribution in [0.15, 0.2) is 51.0 Å². The molecule has 0 radical (unpaired) electrons. The van der Waals surface area contributed by atoms with E-state index in [0.29, 0.717) is 19.0 Å². The van der Waals surface area contributed by atoms with Crippen molar-refractivity contribution in [3.63, 3.8) is 0 Å². The minimum atomic E-state index is -3.49. The van der Waals surface area contributed by atoms with E-state index in [9.17, 15) is 13.5 Å². The molecule has 1 heterocycles. The van der Waals surface area contributed by atoms with Crippen LogP contribution < -0.4 is 5.32 Å². The lowest BCUT2D eigenvalue weighted by atomic mass is 10.1. The number of aliphatic hydroxyl groups excluding tert-OH is 1. The van der Waals surface area contributed by atoms with Crippen molar-refractivity contribution in [2.45, 2.75) is 37.1 Å². The zero-order chi connectivity index (χ0) is 20.6. The number of aryl methyl sites for hydroxylation is 1. The number of benzene rings is 1. The number of nitrogens with zero attached hydrogens (tertiary/aromatic N) is 2. The molecule has 1 unspecified atom stereocenters. The van der Waals surface area contributed by atoms with Crippen molar-refractivity contribution < 1.29 is 13.5 Å². The molecule has 6 nitrogen and oxygen atoms in total. The van der Waals surface area contributed by atoms with Crippen LogP contribution in [0.4, 0.5) is 0 Å². The smallest absolute Gasteiger partial charge is 0.194 e. The van der Waals surface area contributed by atoms with Crippen molar-refractivity contribution in [3.8, 4) is 0 Å². The third kappa shape index (κ3) is 8.23. The number of halogens is 1. The Hall–Kier alpha value is -1.17. The molecule has 0 saturated heterocycles. The van der Waals surface area contributed by atoms with E-state index in [-0.39, 0.29) is 40.5 Å². The molecular weight excluding hydrogens is 521 g/mol. The summed E-state index contributed by atoms with van der Waals surface area (Å²) < 4.78 is 24.8.